The van der Waals surface area contributed by atoms with Gasteiger partial charge in [-0.05, 0) is 42.7 Å². The van der Waals surface area contributed by atoms with Crippen LogP contribution in [0.1, 0.15) is 18.9 Å². The minimum atomic E-state index is -0.425. The van der Waals surface area contributed by atoms with Crippen molar-refractivity contribution in [1.82, 2.24) is 14.5 Å². The molecular formula is C17H15Cl2N3O. The van der Waals surface area contributed by atoms with Crippen LogP contribution >= 0.6 is 23.2 Å². The van der Waals surface area contributed by atoms with Gasteiger partial charge in [-0.1, -0.05) is 18.2 Å². The van der Waals surface area contributed by atoms with Crippen molar-refractivity contribution in [1.29, 1.82) is 0 Å². The van der Waals surface area contributed by atoms with E-state index in [9.17, 15) is 4.79 Å². The van der Waals surface area contributed by atoms with Gasteiger partial charge in [-0.25, -0.2) is 4.98 Å². The van der Waals surface area contributed by atoms with Crippen LogP contribution in [-0.4, -0.2) is 19.4 Å². The first kappa shape index (κ1) is 16.0. The second kappa shape index (κ2) is 5.95. The quantitative estimate of drug-likeness (QED) is 0.612. The highest BCUT2D eigenvalue weighted by Gasteiger charge is 2.23. The fraction of sp³-hybridized carbons (Fsp3) is 0.235. The molecule has 2 heterocycles. The maximum absolute atomic E-state index is 12.8. The maximum Gasteiger partial charge on any atom is 0.262 e. The van der Waals surface area contributed by atoms with Gasteiger partial charge in [0, 0.05) is 25.0 Å². The SMILES string of the molecule is Cn1c(Cl)nc(-c2ccncc2)c(C2=CCC(C)(Cl)C=C2)c1=O. The highest BCUT2D eigenvalue weighted by Crippen LogP contribution is 2.33. The molecule has 0 spiro atoms. The molecule has 1 aliphatic carbocycles. The summed E-state index contributed by atoms with van der Waals surface area (Å²) < 4.78 is 1.34. The van der Waals surface area contributed by atoms with Crippen molar-refractivity contribution in [2.24, 2.45) is 7.05 Å². The van der Waals surface area contributed by atoms with Crippen LogP contribution in [0.25, 0.3) is 16.8 Å². The van der Waals surface area contributed by atoms with Gasteiger partial charge in [-0.15, -0.1) is 11.6 Å². The molecule has 0 fully saturated rings. The molecule has 3 rings (SSSR count). The molecule has 0 aromatic carbocycles. The minimum absolute atomic E-state index is 0.146. The number of alkyl halides is 1. The third kappa shape index (κ3) is 3.09. The summed E-state index contributed by atoms with van der Waals surface area (Å²) in [4.78, 5) is 20.7. The van der Waals surface area contributed by atoms with Gasteiger partial charge in [-0.2, -0.15) is 0 Å². The number of hydrogen-bond donors (Lipinski definition) is 0. The maximum atomic E-state index is 12.8. The first-order valence-corrected chi connectivity index (χ1v) is 7.90. The highest BCUT2D eigenvalue weighted by molar-refractivity contribution is 6.28. The molecule has 6 heteroatoms. The standard InChI is InChI=1S/C17H15Cl2N3O/c1-17(19)7-3-11(4-8-17)13-14(12-5-9-20-10-6-12)21-16(18)22(2)15(13)23/h3-7,9-10H,8H2,1-2H3. The van der Waals surface area contributed by atoms with Crippen molar-refractivity contribution >= 4 is 28.8 Å². The summed E-state index contributed by atoms with van der Waals surface area (Å²) in [5.41, 5.74) is 2.48. The molecule has 23 heavy (non-hydrogen) atoms. The lowest BCUT2D eigenvalue weighted by Gasteiger charge is -2.21. The predicted molar refractivity (Wildman–Crippen MR) is 93.7 cm³/mol. The summed E-state index contributed by atoms with van der Waals surface area (Å²) in [5.74, 6) is 0. The summed E-state index contributed by atoms with van der Waals surface area (Å²) in [6.45, 7) is 1.93. The second-order valence-electron chi connectivity index (χ2n) is 5.68. The van der Waals surface area contributed by atoms with Crippen molar-refractivity contribution in [3.8, 4) is 11.3 Å². The minimum Gasteiger partial charge on any atom is -0.286 e. The third-order valence-electron chi connectivity index (χ3n) is 3.81. The number of rotatable bonds is 2. The Labute approximate surface area is 144 Å². The van der Waals surface area contributed by atoms with Gasteiger partial charge in [0.25, 0.3) is 5.56 Å². The van der Waals surface area contributed by atoms with Crippen LogP contribution in [0.5, 0.6) is 0 Å². The fourth-order valence-electron chi connectivity index (χ4n) is 2.45. The van der Waals surface area contributed by atoms with E-state index in [1.165, 1.54) is 4.57 Å². The first-order valence-electron chi connectivity index (χ1n) is 7.15. The molecule has 0 amide bonds. The molecular weight excluding hydrogens is 333 g/mol. The molecule has 2 aromatic heterocycles. The van der Waals surface area contributed by atoms with Crippen LogP contribution in [0.15, 0.2) is 47.5 Å². The van der Waals surface area contributed by atoms with Gasteiger partial charge in [0.1, 0.15) is 0 Å². The summed E-state index contributed by atoms with van der Waals surface area (Å²) in [6, 6.07) is 3.61. The Balaban J connectivity index is 2.24. The average molecular weight is 348 g/mol. The lowest BCUT2D eigenvalue weighted by Crippen LogP contribution is -2.24. The second-order valence-corrected chi connectivity index (χ2v) is 6.88. The first-order chi connectivity index (χ1) is 10.9. The van der Waals surface area contributed by atoms with Crippen LogP contribution in [0.2, 0.25) is 5.28 Å². The number of hydrogen-bond acceptors (Lipinski definition) is 3. The monoisotopic (exact) mass is 347 g/mol. The van der Waals surface area contributed by atoms with Crippen LogP contribution < -0.4 is 5.56 Å². The molecule has 0 saturated carbocycles. The van der Waals surface area contributed by atoms with E-state index in [0.717, 1.165) is 11.1 Å². The highest BCUT2D eigenvalue weighted by atomic mass is 35.5. The number of allylic oxidation sites excluding steroid dienone is 4. The summed E-state index contributed by atoms with van der Waals surface area (Å²) >= 11 is 12.4. The van der Waals surface area contributed by atoms with E-state index in [1.54, 1.807) is 31.6 Å². The van der Waals surface area contributed by atoms with Crippen molar-refractivity contribution in [3.63, 3.8) is 0 Å². The number of aromatic nitrogens is 3. The fourth-order valence-corrected chi connectivity index (χ4v) is 2.75. The lowest BCUT2D eigenvalue weighted by molar-refractivity contribution is 0.783. The van der Waals surface area contributed by atoms with Crippen molar-refractivity contribution in [3.05, 3.63) is 64.0 Å². The average Bonchev–Trinajstić information content (AvgIpc) is 2.54. The molecule has 0 saturated heterocycles. The summed E-state index contributed by atoms with van der Waals surface area (Å²) in [6.07, 6.45) is 9.69. The number of halogens is 2. The van der Waals surface area contributed by atoms with Crippen LogP contribution in [0, 0.1) is 0 Å². The molecule has 118 valence electrons. The van der Waals surface area contributed by atoms with E-state index in [1.807, 2.05) is 25.2 Å². The molecule has 2 aromatic rings. The van der Waals surface area contributed by atoms with E-state index in [2.05, 4.69) is 9.97 Å². The molecule has 0 radical (unpaired) electrons. The zero-order valence-corrected chi connectivity index (χ0v) is 14.3. The Kier molecular flexibility index (Phi) is 4.13. The predicted octanol–water partition coefficient (Wildman–Crippen LogP) is 3.84. The molecule has 1 aliphatic rings. The zero-order valence-electron chi connectivity index (χ0n) is 12.8. The van der Waals surface area contributed by atoms with E-state index in [-0.39, 0.29) is 10.8 Å². The molecule has 0 bridgehead atoms. The number of pyridine rings is 1. The summed E-state index contributed by atoms with van der Waals surface area (Å²) in [7, 11) is 1.61. The molecule has 0 aliphatic heterocycles. The Bertz CT molecular complexity index is 867. The molecule has 1 atom stereocenters. The van der Waals surface area contributed by atoms with E-state index in [0.29, 0.717) is 17.7 Å². The van der Waals surface area contributed by atoms with Gasteiger partial charge in [0.2, 0.25) is 5.28 Å². The Morgan fingerprint density at radius 1 is 1.30 bits per heavy atom. The van der Waals surface area contributed by atoms with Gasteiger partial charge >= 0.3 is 0 Å². The van der Waals surface area contributed by atoms with Gasteiger partial charge in [0.05, 0.1) is 16.1 Å². The Morgan fingerprint density at radius 3 is 2.61 bits per heavy atom. The smallest absolute Gasteiger partial charge is 0.262 e. The van der Waals surface area contributed by atoms with Gasteiger partial charge in [-0.3, -0.25) is 14.3 Å². The van der Waals surface area contributed by atoms with Crippen molar-refractivity contribution in [2.45, 2.75) is 18.2 Å². The largest absolute Gasteiger partial charge is 0.286 e. The molecule has 0 N–H and O–H groups in total. The Hall–Kier alpha value is -1.91. The Morgan fingerprint density at radius 2 is 2.00 bits per heavy atom. The van der Waals surface area contributed by atoms with Crippen molar-refractivity contribution < 1.29 is 0 Å². The van der Waals surface area contributed by atoms with E-state index in [4.69, 9.17) is 23.2 Å². The summed E-state index contributed by atoms with van der Waals surface area (Å²) in [5, 5.41) is 0.146. The molecule has 1 unspecified atom stereocenters. The topological polar surface area (TPSA) is 47.8 Å². The normalized spacial score (nSPS) is 20.4. The van der Waals surface area contributed by atoms with Crippen LogP contribution in [-0.2, 0) is 7.05 Å². The lowest BCUT2D eigenvalue weighted by atomic mass is 9.92. The van der Waals surface area contributed by atoms with Crippen LogP contribution in [0.4, 0.5) is 0 Å². The van der Waals surface area contributed by atoms with E-state index < -0.39 is 4.87 Å². The van der Waals surface area contributed by atoms with Gasteiger partial charge < -0.3 is 0 Å². The van der Waals surface area contributed by atoms with E-state index >= 15 is 0 Å². The van der Waals surface area contributed by atoms with Crippen molar-refractivity contribution in [2.75, 3.05) is 0 Å². The third-order valence-corrected chi connectivity index (χ3v) is 4.43. The van der Waals surface area contributed by atoms with Crippen LogP contribution in [0.3, 0.4) is 0 Å². The number of nitrogens with zero attached hydrogens (tertiary/aromatic N) is 3. The molecule has 4 nitrogen and oxygen atoms in total. The zero-order chi connectivity index (χ0) is 16.6. The van der Waals surface area contributed by atoms with Gasteiger partial charge in [0.15, 0.2) is 0 Å².